The van der Waals surface area contributed by atoms with E-state index in [1.54, 1.807) is 4.90 Å². The highest BCUT2D eigenvalue weighted by atomic mass is 32.2. The molecule has 2 aromatic carbocycles. The highest BCUT2D eigenvalue weighted by Gasteiger charge is 2.31. The van der Waals surface area contributed by atoms with Crippen LogP contribution in [0.25, 0.3) is 5.69 Å². The summed E-state index contributed by atoms with van der Waals surface area (Å²) in [6.07, 6.45) is 2.28. The number of rotatable bonds is 7. The number of aryl methyl sites for hydroxylation is 1. The Hall–Kier alpha value is -2.97. The molecule has 0 aliphatic heterocycles. The third kappa shape index (κ3) is 4.26. The zero-order valence-electron chi connectivity index (χ0n) is 17.0. The van der Waals surface area contributed by atoms with Crippen LogP contribution in [0.1, 0.15) is 30.3 Å². The second-order valence-corrected chi connectivity index (χ2v) is 9.19. The first-order valence-corrected chi connectivity index (χ1v) is 12.0. The summed E-state index contributed by atoms with van der Waals surface area (Å²) in [7, 11) is 0. The summed E-state index contributed by atoms with van der Waals surface area (Å²) in [5.74, 6) is 1.64. The fourth-order valence-electron chi connectivity index (χ4n) is 3.37. The maximum atomic E-state index is 13.3. The van der Waals surface area contributed by atoms with Crippen molar-refractivity contribution < 1.29 is 4.79 Å². The monoisotopic (exact) mass is 447 g/mol. The third-order valence-electron chi connectivity index (χ3n) is 5.00. The van der Waals surface area contributed by atoms with Gasteiger partial charge in [0.1, 0.15) is 5.82 Å². The Morgan fingerprint density at radius 1 is 1.10 bits per heavy atom. The van der Waals surface area contributed by atoms with Crippen LogP contribution in [0, 0.1) is 6.92 Å². The molecule has 4 aromatic rings. The van der Waals surface area contributed by atoms with Gasteiger partial charge in [0.2, 0.25) is 5.91 Å². The molecule has 2 heterocycles. The summed E-state index contributed by atoms with van der Waals surface area (Å²) < 4.78 is 2.09. The minimum atomic E-state index is -0.0406. The standard InChI is InChI=1S/C23H21N5OS2/c1-16-14-30-22(24-16)27(18-8-4-2-5-9-18)20(29)15-31-23-26-25-21(17-12-13-17)28(23)19-10-6-3-7-11-19/h2-11,14,17H,12-13,15H2,1H3. The SMILES string of the molecule is Cc1csc(N(C(=O)CSc2nnc(C3CC3)n2-c2ccccc2)c2ccccc2)n1. The van der Waals surface area contributed by atoms with Gasteiger partial charge in [-0.1, -0.05) is 48.2 Å². The van der Waals surface area contributed by atoms with E-state index in [9.17, 15) is 4.79 Å². The molecule has 0 radical (unpaired) electrons. The average molecular weight is 448 g/mol. The predicted octanol–water partition coefficient (Wildman–Crippen LogP) is 5.37. The van der Waals surface area contributed by atoms with E-state index in [2.05, 4.69) is 31.9 Å². The van der Waals surface area contributed by atoms with Gasteiger partial charge < -0.3 is 0 Å². The minimum absolute atomic E-state index is 0.0406. The molecule has 156 valence electrons. The van der Waals surface area contributed by atoms with E-state index >= 15 is 0 Å². The summed E-state index contributed by atoms with van der Waals surface area (Å²) in [5, 5.41) is 12.3. The number of hydrogen-bond donors (Lipinski definition) is 0. The zero-order chi connectivity index (χ0) is 21.2. The molecule has 1 aliphatic rings. The Morgan fingerprint density at radius 2 is 1.81 bits per heavy atom. The first-order valence-electron chi connectivity index (χ1n) is 10.1. The fraction of sp³-hybridized carbons (Fsp3) is 0.217. The number of nitrogens with zero attached hydrogens (tertiary/aromatic N) is 5. The second kappa shape index (κ2) is 8.64. The van der Waals surface area contributed by atoms with Crippen molar-refractivity contribution in [3.8, 4) is 5.69 Å². The summed E-state index contributed by atoms with van der Waals surface area (Å²) >= 11 is 2.89. The molecule has 0 N–H and O–H groups in total. The zero-order valence-corrected chi connectivity index (χ0v) is 18.6. The minimum Gasteiger partial charge on any atom is -0.274 e. The van der Waals surface area contributed by atoms with Gasteiger partial charge in [-0.15, -0.1) is 21.5 Å². The number of carbonyl (C=O) groups is 1. The summed E-state index contributed by atoms with van der Waals surface area (Å²) in [5.41, 5.74) is 2.74. The third-order valence-corrected chi connectivity index (χ3v) is 6.86. The van der Waals surface area contributed by atoms with E-state index in [1.807, 2.05) is 60.8 Å². The van der Waals surface area contributed by atoms with Crippen LogP contribution in [0.3, 0.4) is 0 Å². The normalized spacial score (nSPS) is 13.3. The van der Waals surface area contributed by atoms with Crippen LogP contribution < -0.4 is 4.90 Å². The van der Waals surface area contributed by atoms with Crippen LogP contribution in [0.2, 0.25) is 0 Å². The number of hydrogen-bond acceptors (Lipinski definition) is 6. The first-order chi connectivity index (χ1) is 15.2. The van der Waals surface area contributed by atoms with Crippen LogP contribution in [0.4, 0.5) is 10.8 Å². The van der Waals surface area contributed by atoms with Gasteiger partial charge in [0.15, 0.2) is 10.3 Å². The molecule has 1 amide bonds. The molecule has 0 unspecified atom stereocenters. The van der Waals surface area contributed by atoms with Crippen molar-refractivity contribution in [2.24, 2.45) is 0 Å². The number of thioether (sulfide) groups is 1. The Balaban J connectivity index is 1.42. The predicted molar refractivity (Wildman–Crippen MR) is 124 cm³/mol. The lowest BCUT2D eigenvalue weighted by atomic mass is 10.3. The fourth-order valence-corrected chi connectivity index (χ4v) is 5.02. The number of anilines is 2. The van der Waals surface area contributed by atoms with Crippen molar-refractivity contribution in [3.05, 3.63) is 77.6 Å². The molecule has 1 fully saturated rings. The van der Waals surface area contributed by atoms with E-state index in [4.69, 9.17) is 0 Å². The van der Waals surface area contributed by atoms with Crippen molar-refractivity contribution >= 4 is 39.8 Å². The van der Waals surface area contributed by atoms with Crippen LogP contribution >= 0.6 is 23.1 Å². The van der Waals surface area contributed by atoms with Gasteiger partial charge >= 0.3 is 0 Å². The number of amides is 1. The Labute approximate surface area is 189 Å². The molecule has 1 aliphatic carbocycles. The molecule has 31 heavy (non-hydrogen) atoms. The Kier molecular flexibility index (Phi) is 5.57. The van der Waals surface area contributed by atoms with Crippen molar-refractivity contribution in [1.82, 2.24) is 19.7 Å². The number of aromatic nitrogens is 4. The molecule has 8 heteroatoms. The van der Waals surface area contributed by atoms with Gasteiger partial charge in [0, 0.05) is 17.0 Å². The smallest absolute Gasteiger partial charge is 0.243 e. The van der Waals surface area contributed by atoms with Crippen LogP contribution in [0.15, 0.2) is 71.2 Å². The van der Waals surface area contributed by atoms with Crippen LogP contribution in [-0.4, -0.2) is 31.4 Å². The average Bonchev–Trinajstić information content (AvgIpc) is 3.42. The molecule has 6 nitrogen and oxygen atoms in total. The van der Waals surface area contributed by atoms with E-state index in [1.165, 1.54) is 23.1 Å². The van der Waals surface area contributed by atoms with E-state index in [-0.39, 0.29) is 11.7 Å². The van der Waals surface area contributed by atoms with Gasteiger partial charge in [0.05, 0.1) is 17.1 Å². The van der Waals surface area contributed by atoms with Crippen LogP contribution in [-0.2, 0) is 4.79 Å². The topological polar surface area (TPSA) is 63.9 Å². The second-order valence-electron chi connectivity index (χ2n) is 7.41. The van der Waals surface area contributed by atoms with Crippen molar-refractivity contribution in [2.75, 3.05) is 10.7 Å². The molecule has 5 rings (SSSR count). The van der Waals surface area contributed by atoms with E-state index in [0.29, 0.717) is 11.0 Å². The summed E-state index contributed by atoms with van der Waals surface area (Å²) in [4.78, 5) is 19.6. The van der Waals surface area contributed by atoms with Gasteiger partial charge in [0.25, 0.3) is 0 Å². The number of para-hydroxylation sites is 2. The van der Waals surface area contributed by atoms with Crippen LogP contribution in [0.5, 0.6) is 0 Å². The molecule has 2 aromatic heterocycles. The maximum absolute atomic E-state index is 13.3. The highest BCUT2D eigenvalue weighted by molar-refractivity contribution is 7.99. The maximum Gasteiger partial charge on any atom is 0.243 e. The van der Waals surface area contributed by atoms with Crippen molar-refractivity contribution in [3.63, 3.8) is 0 Å². The molecule has 0 spiro atoms. The summed E-state index contributed by atoms with van der Waals surface area (Å²) in [6, 6.07) is 19.8. The van der Waals surface area contributed by atoms with Gasteiger partial charge in [-0.25, -0.2) is 4.98 Å². The number of thiazole rings is 1. The molecule has 0 saturated heterocycles. The lowest BCUT2D eigenvalue weighted by Gasteiger charge is -2.20. The van der Waals surface area contributed by atoms with Crippen molar-refractivity contribution in [2.45, 2.75) is 30.8 Å². The quantitative estimate of drug-likeness (QED) is 0.357. The lowest BCUT2D eigenvalue weighted by molar-refractivity contribution is -0.115. The molecule has 0 atom stereocenters. The molecular weight excluding hydrogens is 426 g/mol. The van der Waals surface area contributed by atoms with Gasteiger partial charge in [-0.2, -0.15) is 0 Å². The number of carbonyl (C=O) groups excluding carboxylic acids is 1. The largest absolute Gasteiger partial charge is 0.274 e. The number of benzene rings is 2. The molecule has 1 saturated carbocycles. The molecule has 0 bridgehead atoms. The lowest BCUT2D eigenvalue weighted by Crippen LogP contribution is -2.27. The Bertz CT molecular complexity index is 1190. The molecular formula is C23H21N5OS2. The van der Waals surface area contributed by atoms with Gasteiger partial charge in [-0.05, 0) is 44.0 Å². The Morgan fingerprint density at radius 3 is 2.45 bits per heavy atom. The highest BCUT2D eigenvalue weighted by Crippen LogP contribution is 2.41. The summed E-state index contributed by atoms with van der Waals surface area (Å²) in [6.45, 7) is 1.93. The van der Waals surface area contributed by atoms with Crippen molar-refractivity contribution in [1.29, 1.82) is 0 Å². The van der Waals surface area contributed by atoms with E-state index < -0.39 is 0 Å². The van der Waals surface area contributed by atoms with E-state index in [0.717, 1.165) is 40.9 Å². The van der Waals surface area contributed by atoms with Gasteiger partial charge in [-0.3, -0.25) is 14.3 Å². The first kappa shape index (κ1) is 20.0.